The lowest BCUT2D eigenvalue weighted by Gasteiger charge is -2.15. The Hall–Kier alpha value is -4.48. The number of nitrogens with one attached hydrogen (secondary N) is 1. The Morgan fingerprint density at radius 1 is 0.757 bits per heavy atom. The third kappa shape index (κ3) is 5.85. The normalized spacial score (nSPS) is 10.6. The number of para-hydroxylation sites is 1. The van der Waals surface area contributed by atoms with Gasteiger partial charge in [-0.2, -0.15) is 0 Å². The van der Waals surface area contributed by atoms with Gasteiger partial charge >= 0.3 is 0 Å². The molecule has 0 saturated heterocycles. The predicted molar refractivity (Wildman–Crippen MR) is 147 cm³/mol. The van der Waals surface area contributed by atoms with Gasteiger partial charge in [-0.05, 0) is 71.4 Å². The maximum Gasteiger partial charge on any atom is 0.255 e. The van der Waals surface area contributed by atoms with Crippen LogP contribution in [-0.2, 0) is 6.61 Å². The Bertz CT molecular complexity index is 1550. The summed E-state index contributed by atoms with van der Waals surface area (Å²) in [6.07, 6.45) is 0. The number of ether oxygens (including phenoxy) is 3. The number of amides is 1. The third-order valence-electron chi connectivity index (χ3n) is 5.82. The molecule has 5 rings (SSSR count). The molecule has 0 unspecified atom stereocenters. The highest BCUT2D eigenvalue weighted by Crippen LogP contribution is 2.33. The van der Waals surface area contributed by atoms with Crippen molar-refractivity contribution in [3.63, 3.8) is 0 Å². The highest BCUT2D eigenvalue weighted by Gasteiger charge is 2.15. The minimum absolute atomic E-state index is 0.238. The van der Waals surface area contributed by atoms with Crippen LogP contribution in [0.2, 0.25) is 5.02 Å². The van der Waals surface area contributed by atoms with E-state index in [-0.39, 0.29) is 12.5 Å². The van der Waals surface area contributed by atoms with Crippen molar-refractivity contribution >= 4 is 34.0 Å². The molecule has 0 spiro atoms. The van der Waals surface area contributed by atoms with Gasteiger partial charge in [0.25, 0.3) is 5.91 Å². The number of benzene rings is 5. The van der Waals surface area contributed by atoms with Crippen molar-refractivity contribution in [2.75, 3.05) is 12.4 Å². The molecule has 0 fully saturated rings. The lowest BCUT2D eigenvalue weighted by Crippen LogP contribution is -2.13. The van der Waals surface area contributed by atoms with E-state index in [2.05, 4.69) is 11.4 Å². The van der Waals surface area contributed by atoms with Gasteiger partial charge in [0.05, 0.1) is 12.8 Å². The summed E-state index contributed by atoms with van der Waals surface area (Å²) < 4.78 is 17.5. The van der Waals surface area contributed by atoms with E-state index in [0.29, 0.717) is 33.5 Å². The molecule has 0 bridgehead atoms. The fraction of sp³-hybridized carbons (Fsp3) is 0.0645. The summed E-state index contributed by atoms with van der Waals surface area (Å²) >= 11 is 6.21. The van der Waals surface area contributed by atoms with E-state index in [1.165, 1.54) is 0 Å². The van der Waals surface area contributed by atoms with Crippen LogP contribution < -0.4 is 19.5 Å². The van der Waals surface area contributed by atoms with Gasteiger partial charge in [0.1, 0.15) is 23.9 Å². The fourth-order valence-electron chi connectivity index (χ4n) is 3.95. The van der Waals surface area contributed by atoms with Crippen LogP contribution in [0.25, 0.3) is 10.8 Å². The van der Waals surface area contributed by atoms with Crippen molar-refractivity contribution in [2.24, 2.45) is 0 Å². The Morgan fingerprint density at radius 3 is 2.32 bits per heavy atom. The molecule has 184 valence electrons. The Kier molecular flexibility index (Phi) is 7.24. The predicted octanol–water partition coefficient (Wildman–Crippen LogP) is 8.13. The molecule has 6 heteroatoms. The maximum atomic E-state index is 13.2. The number of carbonyl (C=O) groups excluding carboxylic acids is 1. The van der Waals surface area contributed by atoms with E-state index in [1.54, 1.807) is 43.5 Å². The molecule has 0 heterocycles. The maximum absolute atomic E-state index is 13.2. The van der Waals surface area contributed by atoms with Crippen molar-refractivity contribution in [2.45, 2.75) is 6.61 Å². The van der Waals surface area contributed by atoms with Crippen LogP contribution in [0.15, 0.2) is 109 Å². The van der Waals surface area contributed by atoms with E-state index >= 15 is 0 Å². The second-order valence-corrected chi connectivity index (χ2v) is 8.77. The molecule has 0 aromatic heterocycles. The van der Waals surface area contributed by atoms with E-state index in [9.17, 15) is 4.79 Å². The van der Waals surface area contributed by atoms with E-state index in [1.807, 2.05) is 66.7 Å². The molecule has 0 aliphatic carbocycles. The highest BCUT2D eigenvalue weighted by atomic mass is 35.5. The van der Waals surface area contributed by atoms with Gasteiger partial charge in [0, 0.05) is 16.1 Å². The summed E-state index contributed by atoms with van der Waals surface area (Å²) in [6.45, 7) is 0.238. The summed E-state index contributed by atoms with van der Waals surface area (Å²) in [5, 5.41) is 5.63. The van der Waals surface area contributed by atoms with Crippen LogP contribution >= 0.6 is 11.6 Å². The largest absolute Gasteiger partial charge is 0.496 e. The first-order chi connectivity index (χ1) is 18.1. The molecule has 0 atom stereocenters. The number of anilines is 1. The van der Waals surface area contributed by atoms with Crippen LogP contribution in [0.4, 0.5) is 5.69 Å². The first-order valence-corrected chi connectivity index (χ1v) is 12.1. The molecule has 0 radical (unpaired) electrons. The first-order valence-electron chi connectivity index (χ1n) is 11.7. The third-order valence-corrected chi connectivity index (χ3v) is 6.05. The van der Waals surface area contributed by atoms with Gasteiger partial charge in [0.15, 0.2) is 5.75 Å². The van der Waals surface area contributed by atoms with E-state index in [4.69, 9.17) is 25.8 Å². The zero-order valence-electron chi connectivity index (χ0n) is 20.1. The standard InChI is InChI=1S/C31H24ClNO4/c1-35-29-15-12-23(17-24(29)20-36-27-14-11-21-7-5-6-8-22(21)18-27)31(34)33-28-19-25(32)13-16-30(28)37-26-9-3-2-4-10-26/h2-19H,20H2,1H3,(H,33,34). The zero-order chi connectivity index (χ0) is 25.6. The molecule has 0 aliphatic heterocycles. The monoisotopic (exact) mass is 509 g/mol. The zero-order valence-corrected chi connectivity index (χ0v) is 20.9. The van der Waals surface area contributed by atoms with Crippen LogP contribution in [0.3, 0.4) is 0 Å². The first kappa shape index (κ1) is 24.2. The Balaban J connectivity index is 1.35. The molecule has 0 aliphatic rings. The van der Waals surface area contributed by atoms with Gasteiger partial charge in [0.2, 0.25) is 0 Å². The fourth-order valence-corrected chi connectivity index (χ4v) is 4.12. The molecular formula is C31H24ClNO4. The van der Waals surface area contributed by atoms with Crippen molar-refractivity contribution in [3.05, 3.63) is 125 Å². The van der Waals surface area contributed by atoms with Crippen LogP contribution in [-0.4, -0.2) is 13.0 Å². The van der Waals surface area contributed by atoms with Crippen LogP contribution in [0.5, 0.6) is 23.0 Å². The minimum atomic E-state index is -0.310. The second kappa shape index (κ2) is 11.1. The van der Waals surface area contributed by atoms with Crippen LogP contribution in [0, 0.1) is 0 Å². The quantitative estimate of drug-likeness (QED) is 0.229. The Labute approximate surface area is 220 Å². The average molecular weight is 510 g/mol. The number of rotatable bonds is 8. The molecule has 5 aromatic rings. The van der Waals surface area contributed by atoms with Crippen LogP contribution in [0.1, 0.15) is 15.9 Å². The number of hydrogen-bond donors (Lipinski definition) is 1. The van der Waals surface area contributed by atoms with Gasteiger partial charge in [-0.3, -0.25) is 4.79 Å². The lowest BCUT2D eigenvalue weighted by atomic mass is 10.1. The second-order valence-electron chi connectivity index (χ2n) is 8.33. The van der Waals surface area contributed by atoms with Crippen molar-refractivity contribution < 1.29 is 19.0 Å². The smallest absolute Gasteiger partial charge is 0.255 e. The van der Waals surface area contributed by atoms with Gasteiger partial charge in [-0.25, -0.2) is 0 Å². The van der Waals surface area contributed by atoms with Gasteiger partial charge in [-0.1, -0.05) is 60.1 Å². The number of carbonyl (C=O) groups is 1. The summed E-state index contributed by atoms with van der Waals surface area (Å²) in [6, 6.07) is 33.7. The van der Waals surface area contributed by atoms with Gasteiger partial charge in [-0.15, -0.1) is 0 Å². The van der Waals surface area contributed by atoms with E-state index < -0.39 is 0 Å². The number of halogens is 1. The van der Waals surface area contributed by atoms with Crippen molar-refractivity contribution in [3.8, 4) is 23.0 Å². The summed E-state index contributed by atoms with van der Waals surface area (Å²) in [5.41, 5.74) is 1.66. The number of hydrogen-bond acceptors (Lipinski definition) is 4. The molecule has 5 aromatic carbocycles. The summed E-state index contributed by atoms with van der Waals surface area (Å²) in [5.74, 6) is 2.19. The molecule has 1 N–H and O–H groups in total. The summed E-state index contributed by atoms with van der Waals surface area (Å²) in [7, 11) is 1.59. The topological polar surface area (TPSA) is 56.8 Å². The SMILES string of the molecule is COc1ccc(C(=O)Nc2cc(Cl)ccc2Oc2ccccc2)cc1COc1ccc2ccccc2c1. The number of methoxy groups -OCH3 is 1. The van der Waals surface area contributed by atoms with Gasteiger partial charge < -0.3 is 19.5 Å². The molecule has 37 heavy (non-hydrogen) atoms. The molecule has 0 saturated carbocycles. The highest BCUT2D eigenvalue weighted by molar-refractivity contribution is 6.31. The lowest BCUT2D eigenvalue weighted by molar-refractivity contribution is 0.102. The van der Waals surface area contributed by atoms with Crippen molar-refractivity contribution in [1.29, 1.82) is 0 Å². The van der Waals surface area contributed by atoms with E-state index in [0.717, 1.165) is 22.1 Å². The molecule has 5 nitrogen and oxygen atoms in total. The minimum Gasteiger partial charge on any atom is -0.496 e. The Morgan fingerprint density at radius 2 is 1.51 bits per heavy atom. The molecular weight excluding hydrogens is 486 g/mol. The van der Waals surface area contributed by atoms with Crippen molar-refractivity contribution in [1.82, 2.24) is 0 Å². The molecule has 1 amide bonds. The average Bonchev–Trinajstić information content (AvgIpc) is 2.93. The number of fused-ring (bicyclic) bond motifs is 1. The summed E-state index contributed by atoms with van der Waals surface area (Å²) in [4.78, 5) is 13.2.